The molecule has 0 saturated carbocycles. The number of carbonyl (C=O) groups excluding carboxylic acids is 1. The molecular formula is C45H80O4. The van der Waals surface area contributed by atoms with Gasteiger partial charge in [-0.2, -0.15) is 0 Å². The van der Waals surface area contributed by atoms with Gasteiger partial charge in [-0.3, -0.25) is 9.59 Å². The van der Waals surface area contributed by atoms with Crippen molar-refractivity contribution in [1.82, 2.24) is 0 Å². The van der Waals surface area contributed by atoms with Crippen LogP contribution in [0.15, 0.2) is 48.6 Å². The van der Waals surface area contributed by atoms with Gasteiger partial charge in [-0.15, -0.1) is 0 Å². The first kappa shape index (κ1) is 46.9. The number of unbranched alkanes of at least 4 members (excludes halogenated alkanes) is 21. The predicted octanol–water partition coefficient (Wildman–Crippen LogP) is 14.7. The van der Waals surface area contributed by atoms with Crippen molar-refractivity contribution in [2.75, 3.05) is 0 Å². The first-order chi connectivity index (χ1) is 24.1. The second kappa shape index (κ2) is 40.3. The van der Waals surface area contributed by atoms with E-state index in [9.17, 15) is 9.59 Å². The molecule has 0 aliphatic rings. The van der Waals surface area contributed by atoms with Crippen LogP contribution < -0.4 is 0 Å². The van der Waals surface area contributed by atoms with E-state index in [1.54, 1.807) is 0 Å². The second-order valence-corrected chi connectivity index (χ2v) is 14.2. The minimum Gasteiger partial charge on any atom is -0.481 e. The van der Waals surface area contributed by atoms with E-state index >= 15 is 0 Å². The summed E-state index contributed by atoms with van der Waals surface area (Å²) in [6.07, 6.45) is 54.1. The molecule has 0 aromatic heterocycles. The monoisotopic (exact) mass is 685 g/mol. The topological polar surface area (TPSA) is 63.6 Å². The van der Waals surface area contributed by atoms with Gasteiger partial charge in [-0.1, -0.05) is 152 Å². The van der Waals surface area contributed by atoms with Gasteiger partial charge in [0.05, 0.1) is 0 Å². The van der Waals surface area contributed by atoms with Crippen LogP contribution in [-0.4, -0.2) is 23.1 Å². The Hall–Kier alpha value is -2.10. The Balaban J connectivity index is 4.12. The maximum absolute atomic E-state index is 12.7. The van der Waals surface area contributed by atoms with E-state index in [1.807, 2.05) is 0 Å². The molecule has 0 spiro atoms. The third kappa shape index (κ3) is 40.2. The van der Waals surface area contributed by atoms with E-state index in [1.165, 1.54) is 103 Å². The zero-order valence-corrected chi connectivity index (χ0v) is 32.5. The van der Waals surface area contributed by atoms with Crippen molar-refractivity contribution in [3.63, 3.8) is 0 Å². The van der Waals surface area contributed by atoms with E-state index in [2.05, 4.69) is 62.5 Å². The molecule has 0 aliphatic carbocycles. The van der Waals surface area contributed by atoms with Gasteiger partial charge in [0, 0.05) is 12.8 Å². The molecule has 0 aliphatic heterocycles. The first-order valence-electron chi connectivity index (χ1n) is 21.1. The Morgan fingerprint density at radius 3 is 1.24 bits per heavy atom. The minimum absolute atomic E-state index is 0.0234. The summed E-state index contributed by atoms with van der Waals surface area (Å²) in [5, 5.41) is 8.83. The number of allylic oxidation sites excluding steroid dienone is 8. The lowest BCUT2D eigenvalue weighted by atomic mass is 10.0. The van der Waals surface area contributed by atoms with Crippen LogP contribution in [-0.2, 0) is 14.3 Å². The highest BCUT2D eigenvalue weighted by molar-refractivity contribution is 5.69. The van der Waals surface area contributed by atoms with E-state index in [0.717, 1.165) is 89.9 Å². The van der Waals surface area contributed by atoms with Crippen molar-refractivity contribution >= 4 is 11.9 Å². The molecule has 0 fully saturated rings. The maximum atomic E-state index is 12.7. The Kier molecular flexibility index (Phi) is 38.6. The standard InChI is InChI=1S/C45H80O4/c1-3-5-7-9-11-13-15-17-19-21-23-25-27-29-34-38-42-45(48)49-43(40-36-32-30-33-37-41-44(46)47)39-35-31-28-26-24-22-20-18-16-14-12-10-8-6-4-2/h13,15-16,18-19,21-22,24,43H,3-12,14,17,20,23,25-42H2,1-2H3,(H,46,47)/b15-13-,18-16-,21-19-,24-22-. The number of esters is 1. The molecule has 0 saturated heterocycles. The summed E-state index contributed by atoms with van der Waals surface area (Å²) in [7, 11) is 0. The van der Waals surface area contributed by atoms with E-state index in [-0.39, 0.29) is 18.5 Å². The third-order valence-corrected chi connectivity index (χ3v) is 9.27. The summed E-state index contributed by atoms with van der Waals surface area (Å²) >= 11 is 0. The summed E-state index contributed by atoms with van der Waals surface area (Å²) < 4.78 is 6.00. The number of rotatable bonds is 38. The Labute approximate surface area is 304 Å². The van der Waals surface area contributed by atoms with Gasteiger partial charge in [0.1, 0.15) is 6.10 Å². The van der Waals surface area contributed by atoms with E-state index in [0.29, 0.717) is 6.42 Å². The summed E-state index contributed by atoms with van der Waals surface area (Å²) in [4.78, 5) is 23.4. The number of aliphatic carboxylic acids is 1. The number of carboxylic acids is 1. The lowest BCUT2D eigenvalue weighted by Crippen LogP contribution is -2.18. The highest BCUT2D eigenvalue weighted by Gasteiger charge is 2.14. The summed E-state index contributed by atoms with van der Waals surface area (Å²) in [5.74, 6) is -0.730. The Bertz CT molecular complexity index is 824. The molecule has 0 aromatic carbocycles. The molecule has 284 valence electrons. The van der Waals surface area contributed by atoms with Crippen LogP contribution in [0.1, 0.15) is 219 Å². The van der Waals surface area contributed by atoms with Gasteiger partial charge < -0.3 is 9.84 Å². The van der Waals surface area contributed by atoms with Crippen LogP contribution in [0.3, 0.4) is 0 Å². The number of carboxylic acid groups (broad SMARTS) is 1. The molecule has 0 bridgehead atoms. The zero-order chi connectivity index (χ0) is 35.7. The SMILES string of the molecule is CCCCCC/C=C\C/C=C\CCCCCCCC(=O)OC(CCCCC/C=C\C/C=C\CCCCCCC)CCCCCCCC(=O)O. The molecule has 0 heterocycles. The van der Waals surface area contributed by atoms with Crippen LogP contribution >= 0.6 is 0 Å². The first-order valence-corrected chi connectivity index (χ1v) is 21.1. The van der Waals surface area contributed by atoms with Gasteiger partial charge in [0.25, 0.3) is 0 Å². The van der Waals surface area contributed by atoms with Gasteiger partial charge >= 0.3 is 11.9 Å². The molecule has 4 heteroatoms. The van der Waals surface area contributed by atoms with Crippen LogP contribution in [0.4, 0.5) is 0 Å². The molecule has 1 unspecified atom stereocenters. The highest BCUT2D eigenvalue weighted by atomic mass is 16.5. The Morgan fingerprint density at radius 2 is 0.796 bits per heavy atom. The van der Waals surface area contributed by atoms with E-state index < -0.39 is 5.97 Å². The van der Waals surface area contributed by atoms with Gasteiger partial charge in [-0.05, 0) is 103 Å². The zero-order valence-electron chi connectivity index (χ0n) is 32.5. The van der Waals surface area contributed by atoms with Gasteiger partial charge in [-0.25, -0.2) is 0 Å². The number of hydrogen-bond donors (Lipinski definition) is 1. The molecule has 1 atom stereocenters. The average Bonchev–Trinajstić information content (AvgIpc) is 3.09. The molecule has 0 aromatic rings. The predicted molar refractivity (Wildman–Crippen MR) is 213 cm³/mol. The molecular weight excluding hydrogens is 604 g/mol. The third-order valence-electron chi connectivity index (χ3n) is 9.27. The van der Waals surface area contributed by atoms with E-state index in [4.69, 9.17) is 9.84 Å². The Morgan fingerprint density at radius 1 is 0.449 bits per heavy atom. The average molecular weight is 685 g/mol. The minimum atomic E-state index is -0.706. The van der Waals surface area contributed by atoms with Crippen molar-refractivity contribution < 1.29 is 19.4 Å². The molecule has 4 nitrogen and oxygen atoms in total. The van der Waals surface area contributed by atoms with Gasteiger partial charge in [0.15, 0.2) is 0 Å². The van der Waals surface area contributed by atoms with Crippen molar-refractivity contribution in [2.45, 2.75) is 225 Å². The molecule has 0 radical (unpaired) electrons. The normalized spacial score (nSPS) is 12.7. The number of carbonyl (C=O) groups is 2. The number of hydrogen-bond acceptors (Lipinski definition) is 3. The lowest BCUT2D eigenvalue weighted by Gasteiger charge is -2.18. The van der Waals surface area contributed by atoms with Crippen molar-refractivity contribution in [2.24, 2.45) is 0 Å². The van der Waals surface area contributed by atoms with Crippen molar-refractivity contribution in [3.8, 4) is 0 Å². The van der Waals surface area contributed by atoms with Crippen molar-refractivity contribution in [3.05, 3.63) is 48.6 Å². The lowest BCUT2D eigenvalue weighted by molar-refractivity contribution is -0.150. The maximum Gasteiger partial charge on any atom is 0.306 e. The molecule has 1 N–H and O–H groups in total. The fourth-order valence-electron chi connectivity index (χ4n) is 6.13. The molecule has 0 rings (SSSR count). The smallest absolute Gasteiger partial charge is 0.306 e. The van der Waals surface area contributed by atoms with Crippen molar-refractivity contribution in [1.29, 1.82) is 0 Å². The highest BCUT2D eigenvalue weighted by Crippen LogP contribution is 2.18. The molecule has 49 heavy (non-hydrogen) atoms. The van der Waals surface area contributed by atoms with Crippen LogP contribution in [0, 0.1) is 0 Å². The van der Waals surface area contributed by atoms with Gasteiger partial charge in [0.2, 0.25) is 0 Å². The van der Waals surface area contributed by atoms with Crippen LogP contribution in [0.25, 0.3) is 0 Å². The quantitative estimate of drug-likeness (QED) is 0.0399. The summed E-state index contributed by atoms with van der Waals surface area (Å²) in [6, 6.07) is 0. The largest absolute Gasteiger partial charge is 0.481 e. The second-order valence-electron chi connectivity index (χ2n) is 14.2. The summed E-state index contributed by atoms with van der Waals surface area (Å²) in [5.41, 5.74) is 0. The molecule has 0 amide bonds. The van der Waals surface area contributed by atoms with Crippen LogP contribution in [0.2, 0.25) is 0 Å². The van der Waals surface area contributed by atoms with Crippen LogP contribution in [0.5, 0.6) is 0 Å². The summed E-state index contributed by atoms with van der Waals surface area (Å²) in [6.45, 7) is 4.52. The number of ether oxygens (including phenoxy) is 1. The fraction of sp³-hybridized carbons (Fsp3) is 0.778. The fourth-order valence-corrected chi connectivity index (χ4v) is 6.13.